The van der Waals surface area contributed by atoms with Crippen molar-refractivity contribution >= 4 is 5.91 Å². The van der Waals surface area contributed by atoms with E-state index in [0.717, 1.165) is 23.1 Å². The van der Waals surface area contributed by atoms with E-state index in [1.165, 1.54) is 11.1 Å². The van der Waals surface area contributed by atoms with E-state index in [4.69, 9.17) is 9.47 Å². The van der Waals surface area contributed by atoms with Crippen molar-refractivity contribution in [1.82, 2.24) is 5.32 Å². The number of carbonyl (C=O) groups excluding carboxylic acids is 1. The Labute approximate surface area is 166 Å². The Morgan fingerprint density at radius 2 is 1.89 bits per heavy atom. The van der Waals surface area contributed by atoms with Crippen molar-refractivity contribution in [3.63, 3.8) is 0 Å². The number of aromatic hydroxyl groups is 1. The summed E-state index contributed by atoms with van der Waals surface area (Å²) < 4.78 is 10.7. The molecule has 150 valence electrons. The van der Waals surface area contributed by atoms with Gasteiger partial charge < -0.3 is 19.9 Å². The maximum absolute atomic E-state index is 11.9. The highest BCUT2D eigenvalue weighted by Gasteiger charge is 2.20. The fourth-order valence-electron chi connectivity index (χ4n) is 3.43. The number of rotatable bonds is 7. The first kappa shape index (κ1) is 20.2. The van der Waals surface area contributed by atoms with Gasteiger partial charge in [-0.05, 0) is 72.2 Å². The largest absolute Gasteiger partial charge is 0.508 e. The molecule has 1 fully saturated rings. The number of aryl methyl sites for hydroxylation is 2. The Balaban J connectivity index is 1.68. The first-order chi connectivity index (χ1) is 13.3. The minimum absolute atomic E-state index is 0.00440. The van der Waals surface area contributed by atoms with Gasteiger partial charge in [-0.3, -0.25) is 4.79 Å². The van der Waals surface area contributed by atoms with Crippen LogP contribution < -0.4 is 10.1 Å². The van der Waals surface area contributed by atoms with Crippen molar-refractivity contribution in [3.8, 4) is 11.5 Å². The van der Waals surface area contributed by atoms with Gasteiger partial charge in [-0.2, -0.15) is 0 Å². The van der Waals surface area contributed by atoms with Crippen molar-refractivity contribution in [3.05, 3.63) is 58.1 Å². The SMILES string of the molecule is Cc1cc(OCC(=O)NC2COC2)cc(C)c1Cc1ccc(O)c(C(C)C)c1. The summed E-state index contributed by atoms with van der Waals surface area (Å²) in [6.07, 6.45) is 0.792. The summed E-state index contributed by atoms with van der Waals surface area (Å²) in [5, 5.41) is 12.9. The number of phenols is 1. The van der Waals surface area contributed by atoms with Crippen LogP contribution in [0, 0.1) is 13.8 Å². The number of carbonyl (C=O) groups is 1. The highest BCUT2D eigenvalue weighted by molar-refractivity contribution is 5.78. The van der Waals surface area contributed by atoms with Crippen molar-refractivity contribution in [2.24, 2.45) is 0 Å². The lowest BCUT2D eigenvalue weighted by Gasteiger charge is -2.26. The van der Waals surface area contributed by atoms with Crippen LogP contribution >= 0.6 is 0 Å². The third-order valence-corrected chi connectivity index (χ3v) is 5.14. The summed E-state index contributed by atoms with van der Waals surface area (Å²) in [5.41, 5.74) is 5.63. The highest BCUT2D eigenvalue weighted by atomic mass is 16.5. The number of amides is 1. The summed E-state index contributed by atoms with van der Waals surface area (Å²) in [6.45, 7) is 9.44. The lowest BCUT2D eigenvalue weighted by Crippen LogP contribution is -2.49. The average molecular weight is 383 g/mol. The van der Waals surface area contributed by atoms with Gasteiger partial charge in [-0.15, -0.1) is 0 Å². The maximum Gasteiger partial charge on any atom is 0.258 e. The van der Waals surface area contributed by atoms with E-state index in [0.29, 0.717) is 24.7 Å². The van der Waals surface area contributed by atoms with Crippen LogP contribution in [0.2, 0.25) is 0 Å². The number of ether oxygens (including phenoxy) is 2. The fraction of sp³-hybridized carbons (Fsp3) is 0.435. The molecular formula is C23H29NO4. The maximum atomic E-state index is 11.9. The number of phenolic OH excluding ortho intramolecular Hbond substituents is 1. The van der Waals surface area contributed by atoms with Gasteiger partial charge >= 0.3 is 0 Å². The lowest BCUT2D eigenvalue weighted by molar-refractivity contribution is -0.127. The summed E-state index contributed by atoms with van der Waals surface area (Å²) >= 11 is 0. The van der Waals surface area contributed by atoms with E-state index in [-0.39, 0.29) is 24.5 Å². The Morgan fingerprint density at radius 1 is 1.21 bits per heavy atom. The summed E-state index contributed by atoms with van der Waals surface area (Å²) in [7, 11) is 0. The van der Waals surface area contributed by atoms with Crippen LogP contribution in [0.3, 0.4) is 0 Å². The molecule has 1 saturated heterocycles. The minimum Gasteiger partial charge on any atom is -0.508 e. The molecule has 5 nitrogen and oxygen atoms in total. The van der Waals surface area contributed by atoms with Gasteiger partial charge in [0.05, 0.1) is 19.3 Å². The van der Waals surface area contributed by atoms with E-state index in [1.54, 1.807) is 6.07 Å². The molecule has 0 aliphatic carbocycles. The quantitative estimate of drug-likeness (QED) is 0.766. The molecule has 0 aromatic heterocycles. The fourth-order valence-corrected chi connectivity index (χ4v) is 3.43. The second-order valence-corrected chi connectivity index (χ2v) is 7.85. The van der Waals surface area contributed by atoms with Gasteiger partial charge in [0.2, 0.25) is 0 Å². The molecule has 5 heteroatoms. The normalized spacial score (nSPS) is 14.0. The van der Waals surface area contributed by atoms with E-state index in [9.17, 15) is 9.90 Å². The third-order valence-electron chi connectivity index (χ3n) is 5.14. The molecule has 1 aliphatic heterocycles. The van der Waals surface area contributed by atoms with Gasteiger partial charge in [0.25, 0.3) is 5.91 Å². The van der Waals surface area contributed by atoms with E-state index in [2.05, 4.69) is 39.1 Å². The monoisotopic (exact) mass is 383 g/mol. The smallest absolute Gasteiger partial charge is 0.258 e. The van der Waals surface area contributed by atoms with Crippen LogP contribution in [0.5, 0.6) is 11.5 Å². The van der Waals surface area contributed by atoms with Crippen LogP contribution in [-0.2, 0) is 16.0 Å². The molecule has 1 aliphatic rings. The van der Waals surface area contributed by atoms with Crippen LogP contribution in [0.25, 0.3) is 0 Å². The molecule has 0 spiro atoms. The summed E-state index contributed by atoms with van der Waals surface area (Å²) in [5.74, 6) is 1.20. The van der Waals surface area contributed by atoms with Crippen LogP contribution in [0.15, 0.2) is 30.3 Å². The van der Waals surface area contributed by atoms with Gasteiger partial charge in [-0.1, -0.05) is 26.0 Å². The molecule has 0 saturated carbocycles. The molecule has 0 atom stereocenters. The predicted octanol–water partition coefficient (Wildman–Crippen LogP) is 3.62. The molecule has 1 heterocycles. The molecular weight excluding hydrogens is 354 g/mol. The topological polar surface area (TPSA) is 67.8 Å². The molecule has 2 aromatic rings. The summed E-state index contributed by atoms with van der Waals surface area (Å²) in [6, 6.07) is 9.90. The zero-order valence-electron chi connectivity index (χ0n) is 17.0. The first-order valence-electron chi connectivity index (χ1n) is 9.75. The molecule has 28 heavy (non-hydrogen) atoms. The van der Waals surface area contributed by atoms with Gasteiger partial charge in [0.15, 0.2) is 6.61 Å². The van der Waals surface area contributed by atoms with Crippen molar-refractivity contribution in [1.29, 1.82) is 0 Å². The van der Waals surface area contributed by atoms with Gasteiger partial charge in [0.1, 0.15) is 11.5 Å². The number of hydrogen-bond donors (Lipinski definition) is 2. The summed E-state index contributed by atoms with van der Waals surface area (Å²) in [4.78, 5) is 11.9. The first-order valence-corrected chi connectivity index (χ1v) is 9.75. The standard InChI is InChI=1S/C23H29NO4/c1-14(2)20-9-17(5-6-22(20)25)10-21-15(3)7-19(8-16(21)4)28-13-23(26)24-18-11-27-12-18/h5-9,14,18,25H,10-13H2,1-4H3,(H,24,26). The van der Waals surface area contributed by atoms with Crippen LogP contribution in [-0.4, -0.2) is 36.9 Å². The second-order valence-electron chi connectivity index (χ2n) is 7.85. The molecule has 2 aromatic carbocycles. The molecule has 0 bridgehead atoms. The van der Waals surface area contributed by atoms with E-state index in [1.807, 2.05) is 18.2 Å². The van der Waals surface area contributed by atoms with E-state index < -0.39 is 0 Å². The predicted molar refractivity (Wildman–Crippen MR) is 109 cm³/mol. The molecule has 3 rings (SSSR count). The Bertz CT molecular complexity index is 833. The van der Waals surface area contributed by atoms with Crippen LogP contribution in [0.4, 0.5) is 0 Å². The van der Waals surface area contributed by atoms with Gasteiger partial charge in [-0.25, -0.2) is 0 Å². The zero-order chi connectivity index (χ0) is 20.3. The second kappa shape index (κ2) is 8.65. The number of nitrogens with one attached hydrogen (secondary N) is 1. The molecule has 1 amide bonds. The third kappa shape index (κ3) is 4.84. The van der Waals surface area contributed by atoms with Crippen molar-refractivity contribution in [2.45, 2.75) is 46.1 Å². The lowest BCUT2D eigenvalue weighted by atomic mass is 9.93. The number of hydrogen-bond acceptors (Lipinski definition) is 4. The van der Waals surface area contributed by atoms with Crippen molar-refractivity contribution in [2.75, 3.05) is 19.8 Å². The van der Waals surface area contributed by atoms with Crippen molar-refractivity contribution < 1.29 is 19.4 Å². The number of benzene rings is 2. The zero-order valence-corrected chi connectivity index (χ0v) is 17.0. The molecule has 2 N–H and O–H groups in total. The molecule has 0 unspecified atom stereocenters. The van der Waals surface area contributed by atoms with E-state index >= 15 is 0 Å². The Hall–Kier alpha value is -2.53. The minimum atomic E-state index is -0.127. The highest BCUT2D eigenvalue weighted by Crippen LogP contribution is 2.29. The average Bonchev–Trinajstić information content (AvgIpc) is 2.60. The Kier molecular flexibility index (Phi) is 6.25. The van der Waals surface area contributed by atoms with Gasteiger partial charge in [0, 0.05) is 0 Å². The molecule has 0 radical (unpaired) electrons. The van der Waals surface area contributed by atoms with Crippen LogP contribution in [0.1, 0.15) is 47.6 Å². The Morgan fingerprint density at radius 3 is 2.46 bits per heavy atom.